The summed E-state index contributed by atoms with van der Waals surface area (Å²) in [5.74, 6) is 2.20. The lowest BCUT2D eigenvalue weighted by atomic mass is 9.87. The van der Waals surface area contributed by atoms with Gasteiger partial charge >= 0.3 is 6.09 Å². The molecule has 0 unspecified atom stereocenters. The van der Waals surface area contributed by atoms with Gasteiger partial charge in [-0.25, -0.2) is 9.78 Å². The number of carbonyl (C=O) groups is 1. The number of morpholine rings is 1. The molecular formula is C31H45N5O4. The van der Waals surface area contributed by atoms with Crippen LogP contribution in [0.3, 0.4) is 0 Å². The van der Waals surface area contributed by atoms with Gasteiger partial charge in [0.25, 0.3) is 0 Å². The van der Waals surface area contributed by atoms with Crippen LogP contribution in [0.2, 0.25) is 0 Å². The summed E-state index contributed by atoms with van der Waals surface area (Å²) < 4.78 is 17.5. The molecule has 3 heterocycles. The third-order valence-corrected chi connectivity index (χ3v) is 8.05. The normalized spacial score (nSPS) is 23.6. The first-order valence-electron chi connectivity index (χ1n) is 14.9. The lowest BCUT2D eigenvalue weighted by molar-refractivity contribution is 0.0284. The number of ether oxygens (including phenoxy) is 3. The lowest BCUT2D eigenvalue weighted by Gasteiger charge is -2.29. The van der Waals surface area contributed by atoms with E-state index < -0.39 is 5.60 Å². The number of amides is 1. The molecule has 1 atom stereocenters. The molecule has 3 aliphatic rings. The van der Waals surface area contributed by atoms with E-state index in [-0.39, 0.29) is 12.0 Å². The van der Waals surface area contributed by atoms with Crippen molar-refractivity contribution in [1.82, 2.24) is 14.9 Å². The molecule has 0 spiro atoms. The minimum Gasteiger partial charge on any atom is -0.477 e. The number of nitrogens with zero attached hydrogens (tertiary/aromatic N) is 4. The molecule has 9 nitrogen and oxygen atoms in total. The Labute approximate surface area is 238 Å². The molecular weight excluding hydrogens is 506 g/mol. The highest BCUT2D eigenvalue weighted by Crippen LogP contribution is 2.32. The van der Waals surface area contributed by atoms with E-state index in [2.05, 4.69) is 41.4 Å². The Balaban J connectivity index is 1.29. The maximum atomic E-state index is 12.5. The van der Waals surface area contributed by atoms with Crippen molar-refractivity contribution in [3.05, 3.63) is 30.5 Å². The molecule has 1 aromatic heterocycles. The fraction of sp³-hybridized carbons (Fsp3) is 0.645. The Morgan fingerprint density at radius 3 is 2.48 bits per heavy atom. The number of carbonyl (C=O) groups excluding carboxylic acids is 1. The number of rotatable bonds is 7. The van der Waals surface area contributed by atoms with Gasteiger partial charge < -0.3 is 29.3 Å². The van der Waals surface area contributed by atoms with Gasteiger partial charge in [0.1, 0.15) is 5.60 Å². The Morgan fingerprint density at radius 2 is 1.77 bits per heavy atom. The van der Waals surface area contributed by atoms with E-state index >= 15 is 0 Å². The zero-order valence-electron chi connectivity index (χ0n) is 24.5. The van der Waals surface area contributed by atoms with Gasteiger partial charge in [-0.3, -0.25) is 0 Å². The second-order valence-corrected chi connectivity index (χ2v) is 12.6. The van der Waals surface area contributed by atoms with Crippen LogP contribution in [0.5, 0.6) is 5.88 Å². The van der Waals surface area contributed by atoms with Crippen molar-refractivity contribution in [3.8, 4) is 17.0 Å². The number of nitrogens with one attached hydrogen (secondary N) is 1. The van der Waals surface area contributed by atoms with E-state index in [9.17, 15) is 4.79 Å². The summed E-state index contributed by atoms with van der Waals surface area (Å²) in [4.78, 5) is 26.2. The van der Waals surface area contributed by atoms with Gasteiger partial charge in [0.05, 0.1) is 25.4 Å². The van der Waals surface area contributed by atoms with Gasteiger partial charge in [-0.15, -0.1) is 0 Å². The van der Waals surface area contributed by atoms with Crippen LogP contribution in [0.1, 0.15) is 59.8 Å². The minimum atomic E-state index is -0.501. The summed E-state index contributed by atoms with van der Waals surface area (Å²) in [5.41, 5.74) is 2.58. The topological polar surface area (TPSA) is 89.0 Å². The summed E-state index contributed by atoms with van der Waals surface area (Å²) in [7, 11) is 0. The molecule has 40 heavy (non-hydrogen) atoms. The van der Waals surface area contributed by atoms with Crippen molar-refractivity contribution in [2.45, 2.75) is 71.4 Å². The summed E-state index contributed by atoms with van der Waals surface area (Å²) in [6, 6.07) is 8.92. The quantitative estimate of drug-likeness (QED) is 0.475. The molecule has 1 amide bonds. The van der Waals surface area contributed by atoms with E-state index in [0.717, 1.165) is 62.6 Å². The van der Waals surface area contributed by atoms with E-state index in [1.807, 2.05) is 27.0 Å². The van der Waals surface area contributed by atoms with Crippen molar-refractivity contribution in [3.63, 3.8) is 0 Å². The van der Waals surface area contributed by atoms with Crippen molar-refractivity contribution >= 4 is 17.7 Å². The molecule has 2 aliphatic heterocycles. The molecule has 1 saturated carbocycles. The number of hydrogen-bond acceptors (Lipinski definition) is 8. The molecule has 0 radical (unpaired) electrons. The Hall–Kier alpha value is -3.07. The van der Waals surface area contributed by atoms with Crippen molar-refractivity contribution in [1.29, 1.82) is 0 Å². The van der Waals surface area contributed by atoms with Gasteiger partial charge in [-0.05, 0) is 76.5 Å². The molecule has 9 heteroatoms. The third kappa shape index (κ3) is 7.56. The van der Waals surface area contributed by atoms with Gasteiger partial charge in [0.15, 0.2) is 0 Å². The summed E-state index contributed by atoms with van der Waals surface area (Å²) in [5, 5.41) is 3.55. The summed E-state index contributed by atoms with van der Waals surface area (Å²) >= 11 is 0. The van der Waals surface area contributed by atoms with Crippen LogP contribution in [-0.4, -0.2) is 78.6 Å². The monoisotopic (exact) mass is 551 g/mol. The van der Waals surface area contributed by atoms with Crippen LogP contribution >= 0.6 is 0 Å². The molecule has 2 saturated heterocycles. The predicted octanol–water partition coefficient (Wildman–Crippen LogP) is 5.61. The second kappa shape index (κ2) is 12.6. The zero-order valence-corrected chi connectivity index (χ0v) is 24.5. The van der Waals surface area contributed by atoms with Crippen molar-refractivity contribution in [2.75, 3.05) is 56.2 Å². The predicted molar refractivity (Wildman–Crippen MR) is 157 cm³/mol. The van der Waals surface area contributed by atoms with Gasteiger partial charge in [0.2, 0.25) is 11.8 Å². The Bertz CT molecular complexity index is 1120. The van der Waals surface area contributed by atoms with Crippen molar-refractivity contribution < 1.29 is 19.0 Å². The molecule has 3 fully saturated rings. The van der Waals surface area contributed by atoms with Crippen LogP contribution < -0.4 is 15.0 Å². The molecule has 5 rings (SSSR count). The summed E-state index contributed by atoms with van der Waals surface area (Å²) in [6.45, 7) is 13.1. The van der Waals surface area contributed by atoms with Gasteiger partial charge in [-0.2, -0.15) is 4.98 Å². The SMILES string of the molecule is CC(C)(C)OC(=O)N1CC[C@@H](COc2nc(N[C@H]3CC[C@@H](C)CC3)ncc2-c2ccc(N3CCOCC3)cc2)C1. The first-order chi connectivity index (χ1) is 19.2. The third-order valence-electron chi connectivity index (χ3n) is 8.05. The van der Waals surface area contributed by atoms with Gasteiger partial charge in [0, 0.05) is 50.0 Å². The standard InChI is InChI=1S/C31H45N5O4/c1-22-5-9-25(10-6-22)33-29-32-19-27(24-7-11-26(12-8-24)35-15-17-38-18-16-35)28(34-29)39-21-23-13-14-36(20-23)30(37)40-31(2,3)4/h7-8,11-12,19,22-23,25H,5-6,9-10,13-18,20-21H2,1-4H3,(H,32,33,34)/t22-,23-,25+/m1/s1. The largest absolute Gasteiger partial charge is 0.477 e. The average Bonchev–Trinajstić information content (AvgIpc) is 3.43. The number of aromatic nitrogens is 2. The Kier molecular flexibility index (Phi) is 8.98. The molecule has 0 bridgehead atoms. The van der Waals surface area contributed by atoms with Gasteiger partial charge in [-0.1, -0.05) is 19.1 Å². The molecule has 218 valence electrons. The molecule has 1 N–H and O–H groups in total. The van der Waals surface area contributed by atoms with Crippen LogP contribution in [0.15, 0.2) is 30.5 Å². The number of benzene rings is 1. The minimum absolute atomic E-state index is 0.218. The lowest BCUT2D eigenvalue weighted by Crippen LogP contribution is -2.36. The van der Waals surface area contributed by atoms with E-state index in [4.69, 9.17) is 24.2 Å². The number of likely N-dealkylation sites (tertiary alicyclic amines) is 1. The maximum Gasteiger partial charge on any atom is 0.410 e. The highest BCUT2D eigenvalue weighted by molar-refractivity contribution is 5.71. The van der Waals surface area contributed by atoms with E-state index in [1.54, 1.807) is 4.90 Å². The zero-order chi connectivity index (χ0) is 28.1. The Morgan fingerprint density at radius 1 is 1.05 bits per heavy atom. The highest BCUT2D eigenvalue weighted by Gasteiger charge is 2.30. The van der Waals surface area contributed by atoms with Crippen LogP contribution in [0.25, 0.3) is 11.1 Å². The van der Waals surface area contributed by atoms with Crippen molar-refractivity contribution in [2.24, 2.45) is 11.8 Å². The fourth-order valence-electron chi connectivity index (χ4n) is 5.66. The number of hydrogen-bond donors (Lipinski definition) is 1. The average molecular weight is 552 g/mol. The molecule has 2 aromatic rings. The molecule has 1 aliphatic carbocycles. The maximum absolute atomic E-state index is 12.5. The van der Waals surface area contributed by atoms with Crippen LogP contribution in [-0.2, 0) is 9.47 Å². The van der Waals surface area contributed by atoms with E-state index in [0.29, 0.717) is 37.6 Å². The second-order valence-electron chi connectivity index (χ2n) is 12.6. The highest BCUT2D eigenvalue weighted by atomic mass is 16.6. The number of anilines is 2. The summed E-state index contributed by atoms with van der Waals surface area (Å²) in [6.07, 6.45) is 7.21. The first-order valence-corrected chi connectivity index (χ1v) is 14.9. The molecule has 1 aromatic carbocycles. The fourth-order valence-corrected chi connectivity index (χ4v) is 5.66. The van der Waals surface area contributed by atoms with Crippen LogP contribution in [0.4, 0.5) is 16.4 Å². The first kappa shape index (κ1) is 28.5. The van der Waals surface area contributed by atoms with E-state index in [1.165, 1.54) is 18.5 Å². The van der Waals surface area contributed by atoms with Crippen LogP contribution in [0, 0.1) is 11.8 Å². The smallest absolute Gasteiger partial charge is 0.410 e.